The molecule has 1 aromatic rings. The third-order valence-electron chi connectivity index (χ3n) is 4.35. The lowest BCUT2D eigenvalue weighted by molar-refractivity contribution is -0.100. The summed E-state index contributed by atoms with van der Waals surface area (Å²) in [5.41, 5.74) is 1.64. The Balaban J connectivity index is 1.74. The van der Waals surface area contributed by atoms with Crippen LogP contribution in [0.4, 0.5) is 0 Å². The number of fused-ring (bicyclic) bond motifs is 1. The molecule has 2 aliphatic rings. The molecule has 1 aliphatic carbocycles. The van der Waals surface area contributed by atoms with Crippen LogP contribution in [0.5, 0.6) is 0 Å². The van der Waals surface area contributed by atoms with Gasteiger partial charge in [0.2, 0.25) is 0 Å². The Morgan fingerprint density at radius 3 is 3.18 bits per heavy atom. The van der Waals surface area contributed by atoms with E-state index < -0.39 is 0 Å². The summed E-state index contributed by atoms with van der Waals surface area (Å²) in [6, 6.07) is 1.98. The summed E-state index contributed by atoms with van der Waals surface area (Å²) < 4.78 is 11.7. The van der Waals surface area contributed by atoms with Crippen LogP contribution in [0, 0.1) is 6.92 Å². The first-order chi connectivity index (χ1) is 10.7. The normalized spacial score (nSPS) is 27.5. The largest absolute Gasteiger partial charge is 0.372 e. The van der Waals surface area contributed by atoms with Crippen LogP contribution in [-0.4, -0.2) is 53.8 Å². The van der Waals surface area contributed by atoms with E-state index in [9.17, 15) is 4.79 Å². The minimum atomic E-state index is -0.0320. The van der Waals surface area contributed by atoms with Crippen LogP contribution in [0.25, 0.3) is 0 Å². The molecule has 118 valence electrons. The Morgan fingerprint density at radius 2 is 2.41 bits per heavy atom. The third-order valence-corrected chi connectivity index (χ3v) is 4.35. The van der Waals surface area contributed by atoms with Gasteiger partial charge in [0.1, 0.15) is 6.10 Å². The van der Waals surface area contributed by atoms with Gasteiger partial charge in [0, 0.05) is 18.9 Å². The van der Waals surface area contributed by atoms with Gasteiger partial charge in [0.25, 0.3) is 5.91 Å². The zero-order valence-electron chi connectivity index (χ0n) is 12.9. The number of morpholine rings is 1. The van der Waals surface area contributed by atoms with Gasteiger partial charge in [-0.3, -0.25) is 9.78 Å². The van der Waals surface area contributed by atoms with Crippen molar-refractivity contribution in [3.63, 3.8) is 0 Å². The smallest absolute Gasteiger partial charge is 0.255 e. The van der Waals surface area contributed by atoms with Gasteiger partial charge >= 0.3 is 0 Å². The summed E-state index contributed by atoms with van der Waals surface area (Å²) in [6.07, 6.45) is 6.99. The molecule has 0 radical (unpaired) electrons. The van der Waals surface area contributed by atoms with Gasteiger partial charge in [0.05, 0.1) is 30.9 Å². The van der Waals surface area contributed by atoms with Crippen LogP contribution in [0.1, 0.15) is 28.8 Å². The van der Waals surface area contributed by atoms with Gasteiger partial charge in [-0.2, -0.15) is 0 Å². The molecule has 1 aromatic heterocycles. The summed E-state index contributed by atoms with van der Waals surface area (Å²) in [7, 11) is 0. The van der Waals surface area contributed by atoms with Gasteiger partial charge in [-0.15, -0.1) is 6.58 Å². The SMILES string of the molecule is C=CCO[C@H]1CC[C@H]2[C@@H]1OCCN2C(=O)c1cncc(C)c1. The topological polar surface area (TPSA) is 51.7 Å². The number of carbonyl (C=O) groups is 1. The van der Waals surface area contributed by atoms with E-state index in [1.54, 1.807) is 18.5 Å². The molecule has 0 spiro atoms. The lowest BCUT2D eigenvalue weighted by Crippen LogP contribution is -2.53. The van der Waals surface area contributed by atoms with Crippen molar-refractivity contribution in [2.45, 2.75) is 38.0 Å². The predicted molar refractivity (Wildman–Crippen MR) is 82.7 cm³/mol. The van der Waals surface area contributed by atoms with Crippen molar-refractivity contribution >= 4 is 5.91 Å². The maximum Gasteiger partial charge on any atom is 0.255 e. The fraction of sp³-hybridized carbons (Fsp3) is 0.529. The predicted octanol–water partition coefficient (Wildman–Crippen LogP) is 1.96. The molecular weight excluding hydrogens is 280 g/mol. The fourth-order valence-corrected chi connectivity index (χ4v) is 3.38. The average Bonchev–Trinajstić information content (AvgIpc) is 2.95. The van der Waals surface area contributed by atoms with E-state index in [4.69, 9.17) is 9.47 Å². The van der Waals surface area contributed by atoms with Gasteiger partial charge in [0.15, 0.2) is 0 Å². The second-order valence-electron chi connectivity index (χ2n) is 5.89. The maximum absolute atomic E-state index is 12.8. The lowest BCUT2D eigenvalue weighted by Gasteiger charge is -2.39. The van der Waals surface area contributed by atoms with E-state index in [0.29, 0.717) is 25.3 Å². The van der Waals surface area contributed by atoms with E-state index in [0.717, 1.165) is 18.4 Å². The molecule has 2 heterocycles. The Kier molecular flexibility index (Phi) is 4.55. The first kappa shape index (κ1) is 15.2. The van der Waals surface area contributed by atoms with Gasteiger partial charge in [-0.1, -0.05) is 6.08 Å². The number of amides is 1. The minimum Gasteiger partial charge on any atom is -0.372 e. The molecule has 22 heavy (non-hydrogen) atoms. The Morgan fingerprint density at radius 1 is 1.55 bits per heavy atom. The Bertz CT molecular complexity index is 561. The van der Waals surface area contributed by atoms with Crippen molar-refractivity contribution in [2.75, 3.05) is 19.8 Å². The molecule has 0 unspecified atom stereocenters. The van der Waals surface area contributed by atoms with Gasteiger partial charge in [-0.05, 0) is 31.4 Å². The number of aryl methyl sites for hydroxylation is 1. The average molecular weight is 302 g/mol. The van der Waals surface area contributed by atoms with Crippen LogP contribution in [-0.2, 0) is 9.47 Å². The van der Waals surface area contributed by atoms with Crippen molar-refractivity contribution in [3.8, 4) is 0 Å². The fourth-order valence-electron chi connectivity index (χ4n) is 3.38. The summed E-state index contributed by atoms with van der Waals surface area (Å²) in [5, 5.41) is 0. The number of carbonyl (C=O) groups excluding carboxylic acids is 1. The van der Waals surface area contributed by atoms with Crippen LogP contribution in [0.2, 0.25) is 0 Å². The summed E-state index contributed by atoms with van der Waals surface area (Å²) in [5.74, 6) is 0.0406. The van der Waals surface area contributed by atoms with Crippen molar-refractivity contribution in [3.05, 3.63) is 42.2 Å². The zero-order valence-corrected chi connectivity index (χ0v) is 12.9. The molecule has 3 rings (SSSR count). The first-order valence-corrected chi connectivity index (χ1v) is 7.77. The number of hydrogen-bond donors (Lipinski definition) is 0. The number of rotatable bonds is 4. The zero-order chi connectivity index (χ0) is 15.5. The highest BCUT2D eigenvalue weighted by molar-refractivity contribution is 5.94. The highest BCUT2D eigenvalue weighted by Gasteiger charge is 2.45. The van der Waals surface area contributed by atoms with Gasteiger partial charge < -0.3 is 14.4 Å². The molecular formula is C17H22N2O3. The second-order valence-corrected chi connectivity index (χ2v) is 5.89. The summed E-state index contributed by atoms with van der Waals surface area (Å²) in [4.78, 5) is 18.8. The first-order valence-electron chi connectivity index (χ1n) is 7.77. The standard InChI is InChI=1S/C17H22N2O3/c1-3-7-21-15-5-4-14-16(15)22-8-6-19(14)17(20)13-9-12(2)10-18-11-13/h3,9-11,14-16H,1,4-8H2,2H3/t14-,15-,16-/m0/s1. The van der Waals surface area contributed by atoms with E-state index in [2.05, 4.69) is 11.6 Å². The molecule has 1 saturated carbocycles. The maximum atomic E-state index is 12.8. The Labute approximate surface area is 130 Å². The Hall–Kier alpha value is -1.72. The monoisotopic (exact) mass is 302 g/mol. The molecule has 1 amide bonds. The third kappa shape index (κ3) is 2.91. The van der Waals surface area contributed by atoms with E-state index in [-0.39, 0.29) is 24.2 Å². The molecule has 3 atom stereocenters. The van der Waals surface area contributed by atoms with Crippen molar-refractivity contribution < 1.29 is 14.3 Å². The summed E-state index contributed by atoms with van der Waals surface area (Å²) in [6.45, 7) is 7.33. The minimum absolute atomic E-state index is 0.0320. The van der Waals surface area contributed by atoms with Crippen LogP contribution in [0.3, 0.4) is 0 Å². The molecule has 5 nitrogen and oxygen atoms in total. The highest BCUT2D eigenvalue weighted by atomic mass is 16.5. The van der Waals surface area contributed by atoms with Crippen LogP contribution >= 0.6 is 0 Å². The second kappa shape index (κ2) is 6.58. The number of pyridine rings is 1. The van der Waals surface area contributed by atoms with Crippen LogP contribution < -0.4 is 0 Å². The molecule has 0 bridgehead atoms. The molecule has 1 aliphatic heterocycles. The number of aromatic nitrogens is 1. The quantitative estimate of drug-likeness (QED) is 0.798. The van der Waals surface area contributed by atoms with E-state index in [1.807, 2.05) is 17.9 Å². The van der Waals surface area contributed by atoms with E-state index >= 15 is 0 Å². The van der Waals surface area contributed by atoms with Crippen LogP contribution in [0.15, 0.2) is 31.1 Å². The molecule has 0 N–H and O–H groups in total. The lowest BCUT2D eigenvalue weighted by atomic mass is 10.1. The van der Waals surface area contributed by atoms with Crippen molar-refractivity contribution in [1.29, 1.82) is 0 Å². The number of ether oxygens (including phenoxy) is 2. The highest BCUT2D eigenvalue weighted by Crippen LogP contribution is 2.33. The number of nitrogens with zero attached hydrogens (tertiary/aromatic N) is 2. The molecule has 1 saturated heterocycles. The molecule has 2 fully saturated rings. The van der Waals surface area contributed by atoms with Crippen molar-refractivity contribution in [2.24, 2.45) is 0 Å². The molecule has 5 heteroatoms. The summed E-state index contributed by atoms with van der Waals surface area (Å²) >= 11 is 0. The number of hydrogen-bond acceptors (Lipinski definition) is 4. The molecule has 0 aromatic carbocycles. The van der Waals surface area contributed by atoms with E-state index in [1.165, 1.54) is 0 Å². The van der Waals surface area contributed by atoms with Gasteiger partial charge in [-0.25, -0.2) is 0 Å². The van der Waals surface area contributed by atoms with Crippen molar-refractivity contribution in [1.82, 2.24) is 9.88 Å².